The van der Waals surface area contributed by atoms with Crippen molar-refractivity contribution >= 4 is 17.3 Å². The minimum absolute atomic E-state index is 0.790. The van der Waals surface area contributed by atoms with E-state index in [9.17, 15) is 0 Å². The highest BCUT2D eigenvalue weighted by Gasteiger charge is 2.14. The van der Waals surface area contributed by atoms with Crippen LogP contribution in [-0.4, -0.2) is 26.3 Å². The molecule has 2 aromatic carbocycles. The SMILES string of the molecule is Cc1cc(Cl)ccc1-c1ccc(N2CCOCC2)c(C)c1. The van der Waals surface area contributed by atoms with Gasteiger partial charge in [-0.25, -0.2) is 0 Å². The van der Waals surface area contributed by atoms with Crippen LogP contribution < -0.4 is 4.90 Å². The molecule has 0 unspecified atom stereocenters. The van der Waals surface area contributed by atoms with Gasteiger partial charge in [0, 0.05) is 23.8 Å². The van der Waals surface area contributed by atoms with Gasteiger partial charge in [-0.1, -0.05) is 23.7 Å². The summed E-state index contributed by atoms with van der Waals surface area (Å²) in [6.07, 6.45) is 0. The molecule has 0 atom stereocenters. The van der Waals surface area contributed by atoms with Gasteiger partial charge >= 0.3 is 0 Å². The minimum atomic E-state index is 0.790. The molecule has 0 saturated carbocycles. The molecule has 1 heterocycles. The predicted octanol–water partition coefficient (Wildman–Crippen LogP) is 4.46. The summed E-state index contributed by atoms with van der Waals surface area (Å²) in [6, 6.07) is 12.8. The fourth-order valence-electron chi connectivity index (χ4n) is 2.93. The summed E-state index contributed by atoms with van der Waals surface area (Å²) in [7, 11) is 0. The number of rotatable bonds is 2. The summed E-state index contributed by atoms with van der Waals surface area (Å²) >= 11 is 6.04. The number of aryl methyl sites for hydroxylation is 2. The number of benzene rings is 2. The van der Waals surface area contributed by atoms with Gasteiger partial charge in [-0.05, 0) is 60.4 Å². The first kappa shape index (κ1) is 14.4. The van der Waals surface area contributed by atoms with E-state index in [4.69, 9.17) is 16.3 Å². The standard InChI is InChI=1S/C18H20ClNO/c1-13-12-16(19)4-5-17(13)15-3-6-18(14(2)11-15)20-7-9-21-10-8-20/h3-6,11-12H,7-10H2,1-2H3. The Morgan fingerprint density at radius 3 is 2.38 bits per heavy atom. The van der Waals surface area contributed by atoms with Gasteiger partial charge < -0.3 is 9.64 Å². The van der Waals surface area contributed by atoms with Gasteiger partial charge in [0.05, 0.1) is 13.2 Å². The van der Waals surface area contributed by atoms with Crippen LogP contribution in [0.2, 0.25) is 5.02 Å². The van der Waals surface area contributed by atoms with E-state index in [-0.39, 0.29) is 0 Å². The summed E-state index contributed by atoms with van der Waals surface area (Å²) in [4.78, 5) is 2.40. The van der Waals surface area contributed by atoms with Crippen molar-refractivity contribution in [3.63, 3.8) is 0 Å². The number of nitrogens with zero attached hydrogens (tertiary/aromatic N) is 1. The van der Waals surface area contributed by atoms with Crippen molar-refractivity contribution in [2.75, 3.05) is 31.2 Å². The van der Waals surface area contributed by atoms with Crippen LogP contribution in [0.5, 0.6) is 0 Å². The van der Waals surface area contributed by atoms with Crippen molar-refractivity contribution in [2.24, 2.45) is 0 Å². The fraction of sp³-hybridized carbons (Fsp3) is 0.333. The molecular weight excluding hydrogens is 282 g/mol. The smallest absolute Gasteiger partial charge is 0.0642 e. The van der Waals surface area contributed by atoms with Crippen LogP contribution >= 0.6 is 11.6 Å². The van der Waals surface area contributed by atoms with Gasteiger partial charge in [-0.3, -0.25) is 0 Å². The van der Waals surface area contributed by atoms with Gasteiger partial charge in [0.25, 0.3) is 0 Å². The molecule has 1 fully saturated rings. The van der Waals surface area contributed by atoms with E-state index in [0.29, 0.717) is 0 Å². The number of hydrogen-bond acceptors (Lipinski definition) is 2. The first-order valence-electron chi connectivity index (χ1n) is 7.35. The molecular formula is C18H20ClNO. The molecule has 3 rings (SSSR count). The third-order valence-electron chi connectivity index (χ3n) is 4.05. The average molecular weight is 302 g/mol. The Morgan fingerprint density at radius 1 is 0.952 bits per heavy atom. The molecule has 2 nitrogen and oxygen atoms in total. The molecule has 0 spiro atoms. The second-order valence-corrected chi connectivity index (χ2v) is 6.00. The molecule has 1 saturated heterocycles. The zero-order valence-electron chi connectivity index (χ0n) is 12.5. The quantitative estimate of drug-likeness (QED) is 0.812. The first-order chi connectivity index (χ1) is 10.1. The Labute approximate surface area is 131 Å². The summed E-state index contributed by atoms with van der Waals surface area (Å²) in [6.45, 7) is 7.86. The summed E-state index contributed by atoms with van der Waals surface area (Å²) in [5.74, 6) is 0. The van der Waals surface area contributed by atoms with Gasteiger partial charge in [-0.15, -0.1) is 0 Å². The number of anilines is 1. The van der Waals surface area contributed by atoms with Crippen LogP contribution in [0.1, 0.15) is 11.1 Å². The van der Waals surface area contributed by atoms with Crippen LogP contribution in [0.4, 0.5) is 5.69 Å². The Morgan fingerprint density at radius 2 is 1.71 bits per heavy atom. The van der Waals surface area contributed by atoms with Crippen LogP contribution in [-0.2, 0) is 4.74 Å². The molecule has 3 heteroatoms. The van der Waals surface area contributed by atoms with E-state index in [0.717, 1.165) is 31.3 Å². The highest BCUT2D eigenvalue weighted by atomic mass is 35.5. The minimum Gasteiger partial charge on any atom is -0.378 e. The van der Waals surface area contributed by atoms with Crippen LogP contribution in [0.25, 0.3) is 11.1 Å². The van der Waals surface area contributed by atoms with Crippen LogP contribution in [0.3, 0.4) is 0 Å². The highest BCUT2D eigenvalue weighted by molar-refractivity contribution is 6.30. The maximum atomic E-state index is 6.04. The Kier molecular flexibility index (Phi) is 4.18. The third-order valence-corrected chi connectivity index (χ3v) is 4.28. The lowest BCUT2D eigenvalue weighted by atomic mass is 9.98. The molecule has 0 amide bonds. The lowest BCUT2D eigenvalue weighted by Gasteiger charge is -2.30. The number of morpholine rings is 1. The first-order valence-corrected chi connectivity index (χ1v) is 7.73. The molecule has 0 radical (unpaired) electrons. The van der Waals surface area contributed by atoms with E-state index in [1.807, 2.05) is 12.1 Å². The van der Waals surface area contributed by atoms with Crippen molar-refractivity contribution in [1.29, 1.82) is 0 Å². The van der Waals surface area contributed by atoms with Crippen molar-refractivity contribution in [3.8, 4) is 11.1 Å². The van der Waals surface area contributed by atoms with E-state index >= 15 is 0 Å². The fourth-order valence-corrected chi connectivity index (χ4v) is 3.16. The number of halogens is 1. The van der Waals surface area contributed by atoms with Crippen LogP contribution in [0.15, 0.2) is 36.4 Å². The molecule has 0 bridgehead atoms. The van der Waals surface area contributed by atoms with E-state index < -0.39 is 0 Å². The second-order valence-electron chi connectivity index (χ2n) is 5.56. The van der Waals surface area contributed by atoms with Gasteiger partial charge in [0.2, 0.25) is 0 Å². The van der Waals surface area contributed by atoms with Crippen molar-refractivity contribution in [2.45, 2.75) is 13.8 Å². The Balaban J connectivity index is 1.93. The molecule has 0 aromatic heterocycles. The average Bonchev–Trinajstić information content (AvgIpc) is 2.48. The third kappa shape index (κ3) is 3.07. The van der Waals surface area contributed by atoms with Crippen molar-refractivity contribution in [1.82, 2.24) is 0 Å². The molecule has 1 aliphatic heterocycles. The lowest BCUT2D eigenvalue weighted by Crippen LogP contribution is -2.36. The van der Waals surface area contributed by atoms with E-state index in [1.165, 1.54) is 27.9 Å². The summed E-state index contributed by atoms with van der Waals surface area (Å²) < 4.78 is 5.43. The molecule has 0 aliphatic carbocycles. The summed E-state index contributed by atoms with van der Waals surface area (Å²) in [5, 5.41) is 0.790. The topological polar surface area (TPSA) is 12.5 Å². The molecule has 1 aliphatic rings. The van der Waals surface area contributed by atoms with Crippen LogP contribution in [0, 0.1) is 13.8 Å². The molecule has 21 heavy (non-hydrogen) atoms. The lowest BCUT2D eigenvalue weighted by molar-refractivity contribution is 0.122. The van der Waals surface area contributed by atoms with E-state index in [2.05, 4.69) is 43.0 Å². The largest absolute Gasteiger partial charge is 0.378 e. The molecule has 110 valence electrons. The maximum absolute atomic E-state index is 6.04. The second kappa shape index (κ2) is 6.08. The normalized spacial score (nSPS) is 15.3. The molecule has 0 N–H and O–H groups in total. The van der Waals surface area contributed by atoms with Gasteiger partial charge in [0.15, 0.2) is 0 Å². The Hall–Kier alpha value is -1.51. The summed E-state index contributed by atoms with van der Waals surface area (Å²) in [5.41, 5.74) is 6.33. The highest BCUT2D eigenvalue weighted by Crippen LogP contribution is 2.30. The zero-order valence-corrected chi connectivity index (χ0v) is 13.3. The van der Waals surface area contributed by atoms with E-state index in [1.54, 1.807) is 0 Å². The predicted molar refractivity (Wildman–Crippen MR) is 89.4 cm³/mol. The van der Waals surface area contributed by atoms with Crippen molar-refractivity contribution in [3.05, 3.63) is 52.5 Å². The number of hydrogen-bond donors (Lipinski definition) is 0. The van der Waals surface area contributed by atoms with Gasteiger partial charge in [0.1, 0.15) is 0 Å². The molecule has 2 aromatic rings. The maximum Gasteiger partial charge on any atom is 0.0642 e. The number of ether oxygens (including phenoxy) is 1. The zero-order chi connectivity index (χ0) is 14.8. The van der Waals surface area contributed by atoms with Crippen molar-refractivity contribution < 1.29 is 4.74 Å². The Bertz CT molecular complexity index is 648. The monoisotopic (exact) mass is 301 g/mol. The van der Waals surface area contributed by atoms with Gasteiger partial charge in [-0.2, -0.15) is 0 Å².